The van der Waals surface area contributed by atoms with Crippen LogP contribution in [-0.2, 0) is 9.59 Å². The van der Waals surface area contributed by atoms with Gasteiger partial charge in [0.1, 0.15) is 11.8 Å². The molecule has 0 spiro atoms. The summed E-state index contributed by atoms with van der Waals surface area (Å²) < 4.78 is 0. The van der Waals surface area contributed by atoms with E-state index in [0.29, 0.717) is 13.0 Å². The van der Waals surface area contributed by atoms with Crippen LogP contribution in [0.1, 0.15) is 29.6 Å². The third-order valence-electron chi connectivity index (χ3n) is 5.44. The van der Waals surface area contributed by atoms with E-state index in [1.807, 2.05) is 11.9 Å². The Morgan fingerprint density at radius 1 is 1.11 bits per heavy atom. The predicted octanol–water partition coefficient (Wildman–Crippen LogP) is 0.277. The minimum atomic E-state index is -0.564. The van der Waals surface area contributed by atoms with Gasteiger partial charge < -0.3 is 25.1 Å². The molecule has 0 aliphatic carbocycles. The molecule has 0 bridgehead atoms. The maximum Gasteiger partial charge on any atom is 0.258 e. The maximum absolute atomic E-state index is 12.7. The van der Waals surface area contributed by atoms with E-state index in [-0.39, 0.29) is 42.0 Å². The molecule has 8 nitrogen and oxygen atoms in total. The number of carbonyl (C=O) groups excluding carboxylic acids is 3. The average Bonchev–Trinajstić information content (AvgIpc) is 3.18. The van der Waals surface area contributed by atoms with Gasteiger partial charge in [0.05, 0.1) is 5.56 Å². The van der Waals surface area contributed by atoms with Crippen LogP contribution in [0, 0.1) is 0 Å². The third kappa shape index (κ3) is 4.62. The second-order valence-electron chi connectivity index (χ2n) is 7.40. The Bertz CT molecular complexity index is 731. The summed E-state index contributed by atoms with van der Waals surface area (Å²) in [5.74, 6) is -0.630. The van der Waals surface area contributed by atoms with Gasteiger partial charge in [-0.3, -0.25) is 14.4 Å². The minimum Gasteiger partial charge on any atom is -0.507 e. The molecule has 0 aromatic heterocycles. The Hall–Kier alpha value is -2.61. The number of carbonyl (C=O) groups is 3. The number of para-hydroxylation sites is 1. The molecule has 8 heteroatoms. The van der Waals surface area contributed by atoms with E-state index in [0.717, 1.165) is 32.6 Å². The number of nitrogens with one attached hydrogen (secondary N) is 1. The fraction of sp³-hybridized carbons (Fsp3) is 0.550. The van der Waals surface area contributed by atoms with E-state index in [1.54, 1.807) is 18.2 Å². The highest BCUT2D eigenvalue weighted by Crippen LogP contribution is 2.24. The molecule has 2 aliphatic heterocycles. The zero-order chi connectivity index (χ0) is 20.1. The number of likely N-dealkylation sites (N-methyl/N-ethyl adjacent to an activating group) is 1. The summed E-state index contributed by atoms with van der Waals surface area (Å²) >= 11 is 0. The number of aromatic hydroxyl groups is 1. The van der Waals surface area contributed by atoms with Crippen molar-refractivity contribution in [3.05, 3.63) is 29.8 Å². The molecule has 152 valence electrons. The number of amides is 3. The normalized spacial score (nSPS) is 20.2. The summed E-state index contributed by atoms with van der Waals surface area (Å²) in [6.07, 6.45) is 1.57. The molecule has 0 radical (unpaired) electrons. The zero-order valence-electron chi connectivity index (χ0n) is 16.3. The van der Waals surface area contributed by atoms with Gasteiger partial charge in [-0.2, -0.15) is 0 Å². The number of rotatable bonds is 5. The first-order chi connectivity index (χ1) is 13.5. The lowest BCUT2D eigenvalue weighted by Crippen LogP contribution is -2.49. The zero-order valence-corrected chi connectivity index (χ0v) is 16.3. The molecule has 1 atom stereocenters. The summed E-state index contributed by atoms with van der Waals surface area (Å²) in [7, 11) is 2.03. The van der Waals surface area contributed by atoms with Crippen molar-refractivity contribution >= 4 is 17.7 Å². The number of hydrogen-bond acceptors (Lipinski definition) is 5. The lowest BCUT2D eigenvalue weighted by Gasteiger charge is -2.32. The standard InChI is InChI=1S/C20H28N4O4/c1-22-11-13-23(14-12-22)18(26)8-9-21-19(27)16-6-4-10-24(16)20(28)15-5-2-3-7-17(15)25/h2-3,5,7,16,25H,4,6,8-14H2,1H3,(H,21,27). The van der Waals surface area contributed by atoms with Gasteiger partial charge in [0.2, 0.25) is 11.8 Å². The Labute approximate surface area is 165 Å². The van der Waals surface area contributed by atoms with Gasteiger partial charge in [-0.05, 0) is 32.0 Å². The largest absolute Gasteiger partial charge is 0.507 e. The summed E-state index contributed by atoms with van der Waals surface area (Å²) in [5.41, 5.74) is 0.201. The Kier molecular flexibility index (Phi) is 6.51. The van der Waals surface area contributed by atoms with E-state index in [9.17, 15) is 19.5 Å². The maximum atomic E-state index is 12.7. The van der Waals surface area contributed by atoms with E-state index in [1.165, 1.54) is 11.0 Å². The highest BCUT2D eigenvalue weighted by Gasteiger charge is 2.35. The van der Waals surface area contributed by atoms with E-state index >= 15 is 0 Å². The molecular weight excluding hydrogens is 360 g/mol. The van der Waals surface area contributed by atoms with Crippen LogP contribution in [0.3, 0.4) is 0 Å². The molecule has 28 heavy (non-hydrogen) atoms. The Morgan fingerprint density at radius 3 is 2.54 bits per heavy atom. The van der Waals surface area contributed by atoms with Crippen LogP contribution in [0.25, 0.3) is 0 Å². The monoisotopic (exact) mass is 388 g/mol. The van der Waals surface area contributed by atoms with Crippen LogP contribution < -0.4 is 5.32 Å². The van der Waals surface area contributed by atoms with Gasteiger partial charge in [0.15, 0.2) is 0 Å². The lowest BCUT2D eigenvalue weighted by molar-refractivity contribution is -0.132. The first kappa shape index (κ1) is 20.1. The summed E-state index contributed by atoms with van der Waals surface area (Å²) in [6, 6.07) is 5.78. The van der Waals surface area contributed by atoms with Gasteiger partial charge in [-0.1, -0.05) is 12.1 Å². The van der Waals surface area contributed by atoms with Gasteiger partial charge in [-0.25, -0.2) is 0 Å². The number of phenolic OH excluding ortho intramolecular Hbond substituents is 1. The molecule has 3 rings (SSSR count). The second-order valence-corrected chi connectivity index (χ2v) is 7.40. The van der Waals surface area contributed by atoms with Crippen molar-refractivity contribution in [2.75, 3.05) is 46.3 Å². The second kappa shape index (κ2) is 9.05. The fourth-order valence-corrected chi connectivity index (χ4v) is 3.72. The van der Waals surface area contributed by atoms with Crippen molar-refractivity contribution in [1.29, 1.82) is 0 Å². The Balaban J connectivity index is 1.50. The predicted molar refractivity (Wildman–Crippen MR) is 104 cm³/mol. The lowest BCUT2D eigenvalue weighted by atomic mass is 10.1. The third-order valence-corrected chi connectivity index (χ3v) is 5.44. The molecule has 1 unspecified atom stereocenters. The van der Waals surface area contributed by atoms with Gasteiger partial charge >= 0.3 is 0 Å². The van der Waals surface area contributed by atoms with Crippen molar-refractivity contribution < 1.29 is 19.5 Å². The summed E-state index contributed by atoms with van der Waals surface area (Å²) in [4.78, 5) is 43.1. The minimum absolute atomic E-state index is 0.0435. The van der Waals surface area contributed by atoms with Crippen molar-refractivity contribution in [2.45, 2.75) is 25.3 Å². The number of phenols is 1. The topological polar surface area (TPSA) is 93.2 Å². The SMILES string of the molecule is CN1CCN(C(=O)CCNC(=O)C2CCCN2C(=O)c2ccccc2O)CC1. The van der Waals surface area contributed by atoms with Crippen LogP contribution in [0.2, 0.25) is 0 Å². The number of piperazine rings is 1. The average molecular weight is 388 g/mol. The van der Waals surface area contributed by atoms with Crippen LogP contribution in [-0.4, -0.2) is 89.9 Å². The van der Waals surface area contributed by atoms with Crippen molar-refractivity contribution in [2.24, 2.45) is 0 Å². The van der Waals surface area contributed by atoms with E-state index in [4.69, 9.17) is 0 Å². The van der Waals surface area contributed by atoms with E-state index in [2.05, 4.69) is 10.2 Å². The summed E-state index contributed by atoms with van der Waals surface area (Å²) in [6.45, 7) is 3.90. The number of likely N-dealkylation sites (tertiary alicyclic amines) is 1. The molecule has 2 fully saturated rings. The van der Waals surface area contributed by atoms with E-state index < -0.39 is 6.04 Å². The van der Waals surface area contributed by atoms with Crippen molar-refractivity contribution in [3.8, 4) is 5.75 Å². The van der Waals surface area contributed by atoms with Gasteiger partial charge in [-0.15, -0.1) is 0 Å². The molecule has 3 amide bonds. The van der Waals surface area contributed by atoms with Crippen molar-refractivity contribution in [3.63, 3.8) is 0 Å². The quantitative estimate of drug-likeness (QED) is 0.756. The molecule has 2 heterocycles. The smallest absolute Gasteiger partial charge is 0.258 e. The number of benzene rings is 1. The van der Waals surface area contributed by atoms with Gasteiger partial charge in [0.25, 0.3) is 5.91 Å². The number of hydrogen-bond donors (Lipinski definition) is 2. The number of nitrogens with zero attached hydrogens (tertiary/aromatic N) is 3. The van der Waals surface area contributed by atoms with Crippen LogP contribution >= 0.6 is 0 Å². The molecule has 2 saturated heterocycles. The Morgan fingerprint density at radius 2 is 1.82 bits per heavy atom. The highest BCUT2D eigenvalue weighted by atomic mass is 16.3. The molecule has 2 aliphatic rings. The van der Waals surface area contributed by atoms with Crippen LogP contribution in [0.5, 0.6) is 5.75 Å². The van der Waals surface area contributed by atoms with Crippen LogP contribution in [0.15, 0.2) is 24.3 Å². The molecule has 0 saturated carbocycles. The molecule has 1 aromatic rings. The van der Waals surface area contributed by atoms with Gasteiger partial charge in [0, 0.05) is 45.7 Å². The first-order valence-electron chi connectivity index (χ1n) is 9.80. The molecule has 2 N–H and O–H groups in total. The summed E-state index contributed by atoms with van der Waals surface area (Å²) in [5, 5.41) is 12.7. The van der Waals surface area contributed by atoms with Crippen LogP contribution in [0.4, 0.5) is 0 Å². The fourth-order valence-electron chi connectivity index (χ4n) is 3.72. The first-order valence-corrected chi connectivity index (χ1v) is 9.80. The molecular formula is C20H28N4O4. The molecule has 1 aromatic carbocycles. The highest BCUT2D eigenvalue weighted by molar-refractivity contribution is 5.99. The van der Waals surface area contributed by atoms with Crippen molar-refractivity contribution in [1.82, 2.24) is 20.0 Å².